The summed E-state index contributed by atoms with van der Waals surface area (Å²) in [6, 6.07) is 13.0. The van der Waals surface area contributed by atoms with Gasteiger partial charge in [0.25, 0.3) is 0 Å². The summed E-state index contributed by atoms with van der Waals surface area (Å²) in [6.07, 6.45) is 0.812. The number of hydrogen-bond donors (Lipinski definition) is 0. The third-order valence-electron chi connectivity index (χ3n) is 7.96. The van der Waals surface area contributed by atoms with Crippen molar-refractivity contribution in [3.8, 4) is 22.3 Å². The van der Waals surface area contributed by atoms with Gasteiger partial charge in [-0.05, 0) is 104 Å². The molecule has 1 fully saturated rings. The molecule has 1 aliphatic rings. The highest BCUT2D eigenvalue weighted by atomic mass is 19.3. The Bertz CT molecular complexity index is 1670. The van der Waals surface area contributed by atoms with Crippen molar-refractivity contribution in [1.29, 1.82) is 0 Å². The van der Waals surface area contributed by atoms with Gasteiger partial charge < -0.3 is 4.74 Å². The molecule has 230 valence electrons. The van der Waals surface area contributed by atoms with E-state index in [-0.39, 0.29) is 41.0 Å². The molecule has 0 heterocycles. The standard InChI is InChI=1S/C35H28F8O/c1-2-3-4-20-5-14-28(31(38)15-20)35(42,43)44-25-10-6-21(7-11-25)22-8-12-26(29(36)16-22)23-9-13-27(30(37)17-23)24-18-32(39)34(41)33(40)19-24/h2-3,5,8-9,12-19,21,25H,4,6-7,10-11H2,1H3/b3-2-. The molecular weight excluding hydrogens is 588 g/mol. The van der Waals surface area contributed by atoms with Crippen LogP contribution in [0.5, 0.6) is 0 Å². The molecule has 4 aromatic rings. The number of allylic oxidation sites excluding steroid dienone is 2. The van der Waals surface area contributed by atoms with Gasteiger partial charge in [-0.3, -0.25) is 0 Å². The van der Waals surface area contributed by atoms with Crippen molar-refractivity contribution in [3.63, 3.8) is 0 Å². The van der Waals surface area contributed by atoms with Crippen molar-refractivity contribution >= 4 is 0 Å². The second-order valence-electron chi connectivity index (χ2n) is 10.9. The van der Waals surface area contributed by atoms with Crippen molar-refractivity contribution < 1.29 is 39.9 Å². The minimum atomic E-state index is -3.81. The van der Waals surface area contributed by atoms with E-state index in [1.807, 2.05) is 6.92 Å². The molecule has 1 saturated carbocycles. The van der Waals surface area contributed by atoms with Gasteiger partial charge in [-0.2, -0.15) is 8.78 Å². The summed E-state index contributed by atoms with van der Waals surface area (Å²) in [6.45, 7) is 1.81. The van der Waals surface area contributed by atoms with E-state index in [2.05, 4.69) is 0 Å². The lowest BCUT2D eigenvalue weighted by Gasteiger charge is -2.31. The molecule has 0 spiro atoms. The largest absolute Gasteiger partial charge is 0.386 e. The van der Waals surface area contributed by atoms with Crippen LogP contribution in [0.1, 0.15) is 55.2 Å². The van der Waals surface area contributed by atoms with Crippen molar-refractivity contribution in [1.82, 2.24) is 0 Å². The topological polar surface area (TPSA) is 9.23 Å². The highest BCUT2D eigenvalue weighted by molar-refractivity contribution is 5.71. The van der Waals surface area contributed by atoms with Gasteiger partial charge in [0.15, 0.2) is 17.5 Å². The van der Waals surface area contributed by atoms with E-state index in [4.69, 9.17) is 4.74 Å². The molecule has 44 heavy (non-hydrogen) atoms. The molecule has 0 unspecified atom stereocenters. The fraction of sp³-hybridized carbons (Fsp3) is 0.257. The average molecular weight is 617 g/mol. The Hall–Kier alpha value is -3.98. The minimum Gasteiger partial charge on any atom is -0.313 e. The second-order valence-corrected chi connectivity index (χ2v) is 10.9. The molecule has 1 nitrogen and oxygen atoms in total. The van der Waals surface area contributed by atoms with E-state index in [1.54, 1.807) is 18.2 Å². The number of alkyl halides is 2. The van der Waals surface area contributed by atoms with Crippen LogP contribution in [0.4, 0.5) is 35.1 Å². The second kappa shape index (κ2) is 12.9. The predicted octanol–water partition coefficient (Wildman–Crippen LogP) is 10.8. The molecule has 0 atom stereocenters. The van der Waals surface area contributed by atoms with E-state index in [9.17, 15) is 30.7 Å². The van der Waals surface area contributed by atoms with Crippen LogP contribution in [0.15, 0.2) is 78.9 Å². The highest BCUT2D eigenvalue weighted by Crippen LogP contribution is 2.41. The van der Waals surface area contributed by atoms with Gasteiger partial charge in [0, 0.05) is 11.1 Å². The first kappa shape index (κ1) is 31.4. The summed E-state index contributed by atoms with van der Waals surface area (Å²) in [5.74, 6) is -7.25. The van der Waals surface area contributed by atoms with Crippen LogP contribution in [0.25, 0.3) is 22.3 Å². The first-order chi connectivity index (χ1) is 21.0. The average Bonchev–Trinajstić information content (AvgIpc) is 2.98. The van der Waals surface area contributed by atoms with E-state index in [0.717, 1.165) is 18.2 Å². The molecule has 0 N–H and O–H groups in total. The minimum absolute atomic E-state index is 0.0890. The lowest BCUT2D eigenvalue weighted by Crippen LogP contribution is -2.30. The maximum Gasteiger partial charge on any atom is 0.386 e. The summed E-state index contributed by atoms with van der Waals surface area (Å²) >= 11 is 0. The van der Waals surface area contributed by atoms with Crippen LogP contribution in [0.2, 0.25) is 0 Å². The van der Waals surface area contributed by atoms with Crippen LogP contribution in [0.3, 0.4) is 0 Å². The Kier molecular flexibility index (Phi) is 9.25. The molecule has 1 aliphatic carbocycles. The molecule has 0 aromatic heterocycles. The van der Waals surface area contributed by atoms with Crippen LogP contribution >= 0.6 is 0 Å². The zero-order valence-corrected chi connectivity index (χ0v) is 23.6. The monoisotopic (exact) mass is 616 g/mol. The maximum atomic E-state index is 15.2. The summed E-state index contributed by atoms with van der Waals surface area (Å²) in [5, 5.41) is 0. The summed E-state index contributed by atoms with van der Waals surface area (Å²) in [4.78, 5) is 0. The van der Waals surface area contributed by atoms with Crippen molar-refractivity contribution in [3.05, 3.63) is 130 Å². The fourth-order valence-corrected chi connectivity index (χ4v) is 5.61. The van der Waals surface area contributed by atoms with Crippen molar-refractivity contribution in [2.45, 2.75) is 57.2 Å². The molecule has 4 aromatic carbocycles. The normalized spacial score (nSPS) is 17.4. The van der Waals surface area contributed by atoms with Crippen LogP contribution in [0, 0.1) is 34.9 Å². The molecule has 0 bridgehead atoms. The quantitative estimate of drug-likeness (QED) is 0.109. The van der Waals surface area contributed by atoms with Crippen molar-refractivity contribution in [2.75, 3.05) is 0 Å². The molecule has 0 radical (unpaired) electrons. The van der Waals surface area contributed by atoms with E-state index in [0.29, 0.717) is 42.5 Å². The summed E-state index contributed by atoms with van der Waals surface area (Å²) < 4.78 is 120. The molecule has 0 aliphatic heterocycles. The van der Waals surface area contributed by atoms with Crippen LogP contribution in [-0.2, 0) is 17.3 Å². The number of rotatable bonds is 8. The summed E-state index contributed by atoms with van der Waals surface area (Å²) in [5.41, 5.74) is 0.279. The van der Waals surface area contributed by atoms with Gasteiger partial charge >= 0.3 is 6.11 Å². The van der Waals surface area contributed by atoms with E-state index < -0.39 is 52.7 Å². The molecule has 0 saturated heterocycles. The van der Waals surface area contributed by atoms with Crippen molar-refractivity contribution in [2.24, 2.45) is 0 Å². The Morgan fingerprint density at radius 2 is 1.30 bits per heavy atom. The zero-order chi connectivity index (χ0) is 31.6. The molecule has 0 amide bonds. The predicted molar refractivity (Wildman–Crippen MR) is 152 cm³/mol. The third-order valence-corrected chi connectivity index (χ3v) is 7.96. The highest BCUT2D eigenvalue weighted by Gasteiger charge is 2.40. The van der Waals surface area contributed by atoms with Gasteiger partial charge in [0.2, 0.25) is 0 Å². The van der Waals surface area contributed by atoms with E-state index in [1.165, 1.54) is 30.3 Å². The number of hydrogen-bond acceptors (Lipinski definition) is 1. The van der Waals surface area contributed by atoms with Crippen LogP contribution in [-0.4, -0.2) is 6.10 Å². The third kappa shape index (κ3) is 6.73. The number of ether oxygens (including phenoxy) is 1. The van der Waals surface area contributed by atoms with Gasteiger partial charge in [-0.1, -0.05) is 42.5 Å². The SMILES string of the molecule is C/C=C\Cc1ccc(C(F)(F)OC2CCC(c3ccc(-c4ccc(-c5cc(F)c(F)c(F)c5)c(F)c4)c(F)c3)CC2)c(F)c1. The lowest BCUT2D eigenvalue weighted by molar-refractivity contribution is -0.278. The first-order valence-corrected chi connectivity index (χ1v) is 14.2. The molecule has 9 heteroatoms. The first-order valence-electron chi connectivity index (χ1n) is 14.2. The van der Waals surface area contributed by atoms with Gasteiger partial charge in [0.05, 0.1) is 11.7 Å². The molecular formula is C35H28F8O. The Balaban J connectivity index is 1.24. The van der Waals surface area contributed by atoms with Gasteiger partial charge in [-0.15, -0.1) is 0 Å². The van der Waals surface area contributed by atoms with Gasteiger partial charge in [0.1, 0.15) is 17.5 Å². The van der Waals surface area contributed by atoms with E-state index >= 15 is 4.39 Å². The lowest BCUT2D eigenvalue weighted by atomic mass is 9.82. The maximum absolute atomic E-state index is 15.2. The van der Waals surface area contributed by atoms with Gasteiger partial charge in [-0.25, -0.2) is 26.3 Å². The van der Waals surface area contributed by atoms with Crippen LogP contribution < -0.4 is 0 Å². The fourth-order valence-electron chi connectivity index (χ4n) is 5.61. The smallest absolute Gasteiger partial charge is 0.313 e. The Morgan fingerprint density at radius 3 is 1.91 bits per heavy atom. The Labute approximate surface area is 249 Å². The molecule has 5 rings (SSSR count). The zero-order valence-electron chi connectivity index (χ0n) is 23.6. The number of halogens is 8. The summed E-state index contributed by atoms with van der Waals surface area (Å²) in [7, 11) is 0. The Morgan fingerprint density at radius 1 is 0.682 bits per heavy atom. The number of benzene rings is 4.